The number of nitriles is 1. The van der Waals surface area contributed by atoms with Gasteiger partial charge in [-0.1, -0.05) is 18.2 Å². The fraction of sp³-hybridized carbons (Fsp3) is 0.0714. The Bertz CT molecular complexity index is 795. The van der Waals surface area contributed by atoms with E-state index in [4.69, 9.17) is 5.26 Å². The number of amides is 3. The number of benzene rings is 1. The van der Waals surface area contributed by atoms with Gasteiger partial charge in [0.05, 0.1) is 6.07 Å². The second kappa shape index (κ2) is 4.55. The predicted octanol–water partition coefficient (Wildman–Crippen LogP) is 1.35. The van der Waals surface area contributed by atoms with Crippen molar-refractivity contribution in [1.29, 1.82) is 5.26 Å². The maximum atomic E-state index is 11.5. The van der Waals surface area contributed by atoms with Crippen LogP contribution < -0.4 is 10.6 Å². The molecule has 20 heavy (non-hydrogen) atoms. The topological polar surface area (TPSA) is 86.9 Å². The maximum Gasteiger partial charge on any atom is 0.326 e. The molecule has 6 heteroatoms. The Balaban J connectivity index is 2.13. The highest BCUT2D eigenvalue weighted by Crippen LogP contribution is 2.23. The second-order valence-corrected chi connectivity index (χ2v) is 4.35. The van der Waals surface area contributed by atoms with Crippen LogP contribution in [0.25, 0.3) is 17.0 Å². The summed E-state index contributed by atoms with van der Waals surface area (Å²) in [7, 11) is 0. The summed E-state index contributed by atoms with van der Waals surface area (Å²) in [4.78, 5) is 22.6. The van der Waals surface area contributed by atoms with Crippen LogP contribution in [-0.2, 0) is 11.3 Å². The number of carbonyl (C=O) groups excluding carboxylic acids is 2. The SMILES string of the molecule is N#CCn1cc(/C=C2/NC(=O)NC2=O)c2ccccc21. The molecule has 1 aromatic heterocycles. The molecule has 0 bridgehead atoms. The lowest BCUT2D eigenvalue weighted by Crippen LogP contribution is -2.22. The van der Waals surface area contributed by atoms with E-state index in [9.17, 15) is 9.59 Å². The molecule has 1 aromatic carbocycles. The molecule has 0 saturated carbocycles. The zero-order chi connectivity index (χ0) is 14.1. The lowest BCUT2D eigenvalue weighted by molar-refractivity contribution is -0.115. The highest BCUT2D eigenvalue weighted by atomic mass is 16.2. The summed E-state index contributed by atoms with van der Waals surface area (Å²) in [6.45, 7) is 0.224. The molecular formula is C14H10N4O2. The average Bonchev–Trinajstić information content (AvgIpc) is 2.93. The number of nitrogens with zero attached hydrogens (tertiary/aromatic N) is 2. The highest BCUT2D eigenvalue weighted by molar-refractivity contribution is 6.14. The number of para-hydroxylation sites is 1. The van der Waals surface area contributed by atoms with Crippen molar-refractivity contribution in [1.82, 2.24) is 15.2 Å². The Kier molecular flexibility index (Phi) is 2.73. The van der Waals surface area contributed by atoms with Gasteiger partial charge in [-0.25, -0.2) is 4.79 Å². The molecule has 3 rings (SSSR count). The number of hydrogen-bond donors (Lipinski definition) is 2. The van der Waals surface area contributed by atoms with Crippen LogP contribution in [0.3, 0.4) is 0 Å². The molecule has 1 saturated heterocycles. The van der Waals surface area contributed by atoms with E-state index in [1.807, 2.05) is 24.3 Å². The summed E-state index contributed by atoms with van der Waals surface area (Å²) in [5, 5.41) is 14.4. The number of rotatable bonds is 2. The van der Waals surface area contributed by atoms with Crippen LogP contribution in [-0.4, -0.2) is 16.5 Å². The molecule has 0 radical (unpaired) electrons. The zero-order valence-electron chi connectivity index (χ0n) is 10.4. The average molecular weight is 266 g/mol. The summed E-state index contributed by atoms with van der Waals surface area (Å²) in [5.41, 5.74) is 1.89. The minimum Gasteiger partial charge on any atom is -0.333 e. The Hall–Kier alpha value is -3.07. The quantitative estimate of drug-likeness (QED) is 0.635. The van der Waals surface area contributed by atoms with Gasteiger partial charge in [0.1, 0.15) is 12.2 Å². The van der Waals surface area contributed by atoms with Crippen molar-refractivity contribution in [3.63, 3.8) is 0 Å². The lowest BCUT2D eigenvalue weighted by atomic mass is 10.1. The van der Waals surface area contributed by atoms with Crippen molar-refractivity contribution in [3.8, 4) is 6.07 Å². The Morgan fingerprint density at radius 2 is 2.05 bits per heavy atom. The summed E-state index contributed by atoms with van der Waals surface area (Å²) >= 11 is 0. The zero-order valence-corrected chi connectivity index (χ0v) is 10.4. The first kappa shape index (κ1) is 12.0. The van der Waals surface area contributed by atoms with Crippen molar-refractivity contribution in [2.75, 3.05) is 0 Å². The van der Waals surface area contributed by atoms with Crippen LogP contribution in [0.5, 0.6) is 0 Å². The van der Waals surface area contributed by atoms with E-state index in [1.54, 1.807) is 16.8 Å². The minimum absolute atomic E-state index is 0.204. The van der Waals surface area contributed by atoms with Crippen LogP contribution >= 0.6 is 0 Å². The molecule has 2 N–H and O–H groups in total. The van der Waals surface area contributed by atoms with Gasteiger partial charge in [-0.3, -0.25) is 10.1 Å². The van der Waals surface area contributed by atoms with Crippen molar-refractivity contribution >= 4 is 28.9 Å². The smallest absolute Gasteiger partial charge is 0.326 e. The van der Waals surface area contributed by atoms with Gasteiger partial charge in [0.25, 0.3) is 5.91 Å². The number of fused-ring (bicyclic) bond motifs is 1. The standard InChI is InChI=1S/C14H10N4O2/c15-5-6-18-8-9(10-3-1-2-4-12(10)18)7-11-13(19)17-14(20)16-11/h1-4,7-8H,6H2,(H2,16,17,19,20)/b11-7+. The first-order valence-corrected chi connectivity index (χ1v) is 5.98. The molecule has 0 unspecified atom stereocenters. The van der Waals surface area contributed by atoms with E-state index in [0.717, 1.165) is 16.5 Å². The van der Waals surface area contributed by atoms with E-state index >= 15 is 0 Å². The number of carbonyl (C=O) groups is 2. The van der Waals surface area contributed by atoms with Crippen LogP contribution in [0.2, 0.25) is 0 Å². The molecule has 98 valence electrons. The van der Waals surface area contributed by atoms with Gasteiger partial charge in [-0.15, -0.1) is 0 Å². The monoisotopic (exact) mass is 266 g/mol. The van der Waals surface area contributed by atoms with Crippen LogP contribution in [0.15, 0.2) is 36.2 Å². The Morgan fingerprint density at radius 1 is 1.25 bits per heavy atom. The molecule has 0 spiro atoms. The third-order valence-corrected chi connectivity index (χ3v) is 3.08. The van der Waals surface area contributed by atoms with Gasteiger partial charge in [0.2, 0.25) is 0 Å². The highest BCUT2D eigenvalue weighted by Gasteiger charge is 2.23. The van der Waals surface area contributed by atoms with Crippen LogP contribution in [0.4, 0.5) is 4.79 Å². The summed E-state index contributed by atoms with van der Waals surface area (Å²) in [6, 6.07) is 9.15. The molecule has 2 aromatic rings. The van der Waals surface area contributed by atoms with Gasteiger partial charge in [0.15, 0.2) is 0 Å². The number of imide groups is 1. The van der Waals surface area contributed by atoms with Gasteiger partial charge >= 0.3 is 6.03 Å². The molecule has 6 nitrogen and oxygen atoms in total. The fourth-order valence-corrected chi connectivity index (χ4v) is 2.24. The van der Waals surface area contributed by atoms with Crippen molar-refractivity contribution in [2.24, 2.45) is 0 Å². The molecule has 0 atom stereocenters. The first-order chi connectivity index (χ1) is 9.69. The number of aromatic nitrogens is 1. The third kappa shape index (κ3) is 1.91. The summed E-state index contributed by atoms with van der Waals surface area (Å²) in [5.74, 6) is -0.452. The molecule has 3 amide bonds. The lowest BCUT2D eigenvalue weighted by Gasteiger charge is -1.96. The van der Waals surface area contributed by atoms with E-state index in [1.165, 1.54) is 0 Å². The van der Waals surface area contributed by atoms with Crippen molar-refractivity contribution in [3.05, 3.63) is 41.7 Å². The van der Waals surface area contributed by atoms with E-state index < -0.39 is 11.9 Å². The molecule has 0 aliphatic carbocycles. The van der Waals surface area contributed by atoms with E-state index in [-0.39, 0.29) is 12.2 Å². The normalized spacial score (nSPS) is 16.2. The summed E-state index contributed by atoms with van der Waals surface area (Å²) in [6.07, 6.45) is 3.40. The van der Waals surface area contributed by atoms with Gasteiger partial charge < -0.3 is 9.88 Å². The molecule has 1 aliphatic rings. The Morgan fingerprint density at radius 3 is 2.75 bits per heavy atom. The Labute approximate surface area is 114 Å². The molecule has 1 fully saturated rings. The number of hydrogen-bond acceptors (Lipinski definition) is 3. The van der Waals surface area contributed by atoms with Crippen molar-refractivity contribution in [2.45, 2.75) is 6.54 Å². The molecular weight excluding hydrogens is 256 g/mol. The van der Waals surface area contributed by atoms with Gasteiger partial charge in [0, 0.05) is 22.7 Å². The largest absolute Gasteiger partial charge is 0.333 e. The van der Waals surface area contributed by atoms with Crippen molar-refractivity contribution < 1.29 is 9.59 Å². The first-order valence-electron chi connectivity index (χ1n) is 5.98. The van der Waals surface area contributed by atoms with E-state index in [0.29, 0.717) is 0 Å². The predicted molar refractivity (Wildman–Crippen MR) is 72.2 cm³/mol. The fourth-order valence-electron chi connectivity index (χ4n) is 2.24. The summed E-state index contributed by atoms with van der Waals surface area (Å²) < 4.78 is 1.80. The maximum absolute atomic E-state index is 11.5. The third-order valence-electron chi connectivity index (χ3n) is 3.08. The van der Waals surface area contributed by atoms with Crippen LogP contribution in [0, 0.1) is 11.3 Å². The minimum atomic E-state index is -0.526. The van der Waals surface area contributed by atoms with Gasteiger partial charge in [-0.05, 0) is 12.1 Å². The van der Waals surface area contributed by atoms with Crippen LogP contribution in [0.1, 0.15) is 5.56 Å². The number of nitrogens with one attached hydrogen (secondary N) is 2. The van der Waals surface area contributed by atoms with E-state index in [2.05, 4.69) is 16.7 Å². The molecule has 2 heterocycles. The van der Waals surface area contributed by atoms with Gasteiger partial charge in [-0.2, -0.15) is 5.26 Å². The number of urea groups is 1. The second-order valence-electron chi connectivity index (χ2n) is 4.35. The molecule has 1 aliphatic heterocycles.